The van der Waals surface area contributed by atoms with E-state index in [1.54, 1.807) is 6.07 Å². The van der Waals surface area contributed by atoms with E-state index in [1.807, 2.05) is 25.1 Å². The summed E-state index contributed by atoms with van der Waals surface area (Å²) in [6, 6.07) is 7.68. The molecule has 1 aliphatic carbocycles. The van der Waals surface area contributed by atoms with Crippen LogP contribution in [0.1, 0.15) is 46.1 Å². The molecule has 1 aromatic carbocycles. The summed E-state index contributed by atoms with van der Waals surface area (Å²) in [6.45, 7) is 1.83. The molecule has 0 aliphatic heterocycles. The van der Waals surface area contributed by atoms with E-state index in [1.165, 1.54) is 11.8 Å². The lowest BCUT2D eigenvalue weighted by Gasteiger charge is -2.26. The molecule has 2 aromatic heterocycles. The molecule has 0 bridgehead atoms. The lowest BCUT2D eigenvalue weighted by Crippen LogP contribution is -2.31. The lowest BCUT2D eigenvalue weighted by atomic mass is 9.87. The van der Waals surface area contributed by atoms with Gasteiger partial charge in [0.2, 0.25) is 0 Å². The second-order valence-corrected chi connectivity index (χ2v) is 6.22. The predicted octanol–water partition coefficient (Wildman–Crippen LogP) is 2.92. The van der Waals surface area contributed by atoms with Gasteiger partial charge in [0.1, 0.15) is 0 Å². The quantitative estimate of drug-likeness (QED) is 0.707. The lowest BCUT2D eigenvalue weighted by molar-refractivity contribution is 0.0932. The number of rotatable bonds is 2. The van der Waals surface area contributed by atoms with Crippen LogP contribution in [-0.2, 0) is 6.42 Å². The summed E-state index contributed by atoms with van der Waals surface area (Å²) in [4.78, 5) is 16.8. The zero-order chi connectivity index (χ0) is 16.7. The average molecular weight is 322 g/mol. The Morgan fingerprint density at radius 3 is 3.12 bits per heavy atom. The molecule has 122 valence electrons. The van der Waals surface area contributed by atoms with E-state index >= 15 is 0 Å². The third-order valence-electron chi connectivity index (χ3n) is 4.56. The molecule has 24 heavy (non-hydrogen) atoms. The summed E-state index contributed by atoms with van der Waals surface area (Å²) in [5, 5.41) is 7.75. The number of benzene rings is 1. The maximum Gasteiger partial charge on any atom is 0.257 e. The van der Waals surface area contributed by atoms with E-state index in [0.717, 1.165) is 41.6 Å². The topological polar surface area (TPSA) is 94.0 Å². The Bertz CT molecular complexity index is 932. The number of nitrogens with zero attached hydrogens (tertiary/aromatic N) is 2. The highest BCUT2D eigenvalue weighted by Gasteiger charge is 2.23. The molecule has 0 spiro atoms. The Hall–Kier alpha value is -2.89. The van der Waals surface area contributed by atoms with Crippen LogP contribution in [0.15, 0.2) is 35.0 Å². The molecule has 3 aromatic rings. The van der Waals surface area contributed by atoms with Gasteiger partial charge in [0.05, 0.1) is 22.7 Å². The van der Waals surface area contributed by atoms with Crippen molar-refractivity contribution in [3.8, 4) is 0 Å². The second kappa shape index (κ2) is 5.63. The Morgan fingerprint density at radius 2 is 2.25 bits per heavy atom. The summed E-state index contributed by atoms with van der Waals surface area (Å²) in [6.07, 6.45) is 4.48. The number of nitrogens with one attached hydrogen (secondary N) is 1. The van der Waals surface area contributed by atoms with Crippen molar-refractivity contribution >= 4 is 22.7 Å². The van der Waals surface area contributed by atoms with Gasteiger partial charge < -0.3 is 15.6 Å². The molecule has 2 heterocycles. The summed E-state index contributed by atoms with van der Waals surface area (Å²) in [7, 11) is 0. The normalized spacial score (nSPS) is 16.8. The SMILES string of the molecule is Cc1noc2ncc(C(=O)NC3CCCc4cc(N)ccc43)cc12. The molecule has 6 nitrogen and oxygen atoms in total. The van der Waals surface area contributed by atoms with E-state index < -0.39 is 0 Å². The van der Waals surface area contributed by atoms with Crippen molar-refractivity contribution in [2.24, 2.45) is 0 Å². The number of carbonyl (C=O) groups is 1. The zero-order valence-electron chi connectivity index (χ0n) is 13.4. The Morgan fingerprint density at radius 1 is 1.38 bits per heavy atom. The summed E-state index contributed by atoms with van der Waals surface area (Å²) in [5.74, 6) is -0.139. The minimum Gasteiger partial charge on any atom is -0.399 e. The highest BCUT2D eigenvalue weighted by Crippen LogP contribution is 2.31. The number of anilines is 1. The van der Waals surface area contributed by atoms with Crippen LogP contribution >= 0.6 is 0 Å². The van der Waals surface area contributed by atoms with Gasteiger partial charge in [-0.05, 0) is 55.5 Å². The van der Waals surface area contributed by atoms with Crippen molar-refractivity contribution in [2.45, 2.75) is 32.2 Å². The van der Waals surface area contributed by atoms with Crippen molar-refractivity contribution in [1.82, 2.24) is 15.5 Å². The van der Waals surface area contributed by atoms with Gasteiger partial charge in [0.15, 0.2) is 0 Å². The van der Waals surface area contributed by atoms with Gasteiger partial charge in [-0.1, -0.05) is 11.2 Å². The fourth-order valence-electron chi connectivity index (χ4n) is 3.29. The minimum absolute atomic E-state index is 0.00104. The standard InChI is InChI=1S/C18H18N4O2/c1-10-15-8-12(9-20-18(15)24-22-10)17(23)21-16-4-2-3-11-7-13(19)5-6-14(11)16/h5-9,16H,2-4,19H2,1H3,(H,21,23). The maximum absolute atomic E-state index is 12.6. The van der Waals surface area contributed by atoms with Crippen LogP contribution in [0.3, 0.4) is 0 Å². The average Bonchev–Trinajstić information content (AvgIpc) is 2.95. The van der Waals surface area contributed by atoms with E-state index in [0.29, 0.717) is 11.3 Å². The first kappa shape index (κ1) is 14.7. The van der Waals surface area contributed by atoms with Crippen LogP contribution < -0.4 is 11.1 Å². The summed E-state index contributed by atoms with van der Waals surface area (Å²) < 4.78 is 5.09. The molecule has 1 amide bonds. The van der Waals surface area contributed by atoms with Crippen LogP contribution in [0, 0.1) is 6.92 Å². The number of aryl methyl sites for hydroxylation is 2. The van der Waals surface area contributed by atoms with E-state index in [9.17, 15) is 4.79 Å². The number of nitrogen functional groups attached to an aromatic ring is 1. The maximum atomic E-state index is 12.6. The Balaban J connectivity index is 1.61. The number of fused-ring (bicyclic) bond motifs is 2. The molecule has 3 N–H and O–H groups in total. The highest BCUT2D eigenvalue weighted by atomic mass is 16.5. The molecule has 4 rings (SSSR count). The molecule has 1 unspecified atom stereocenters. The number of carbonyl (C=O) groups excluding carboxylic acids is 1. The van der Waals surface area contributed by atoms with Gasteiger partial charge in [0.25, 0.3) is 11.6 Å². The summed E-state index contributed by atoms with van der Waals surface area (Å²) >= 11 is 0. The number of aromatic nitrogens is 2. The highest BCUT2D eigenvalue weighted by molar-refractivity contribution is 5.97. The van der Waals surface area contributed by atoms with Crippen LogP contribution in [0.2, 0.25) is 0 Å². The number of amides is 1. The van der Waals surface area contributed by atoms with E-state index in [-0.39, 0.29) is 11.9 Å². The monoisotopic (exact) mass is 322 g/mol. The molecule has 1 atom stereocenters. The van der Waals surface area contributed by atoms with Gasteiger partial charge in [-0.3, -0.25) is 4.79 Å². The minimum atomic E-state index is -0.139. The molecule has 0 saturated heterocycles. The molecular weight excluding hydrogens is 304 g/mol. The molecule has 0 fully saturated rings. The smallest absolute Gasteiger partial charge is 0.257 e. The second-order valence-electron chi connectivity index (χ2n) is 6.22. The summed E-state index contributed by atoms with van der Waals surface area (Å²) in [5.41, 5.74) is 10.7. The van der Waals surface area contributed by atoms with Crippen molar-refractivity contribution < 1.29 is 9.32 Å². The third-order valence-corrected chi connectivity index (χ3v) is 4.56. The number of hydrogen-bond acceptors (Lipinski definition) is 5. The third kappa shape index (κ3) is 2.50. The number of pyridine rings is 1. The van der Waals surface area contributed by atoms with Crippen LogP contribution in [0.25, 0.3) is 11.1 Å². The fraction of sp³-hybridized carbons (Fsp3) is 0.278. The number of nitrogens with two attached hydrogens (primary N) is 1. The number of hydrogen-bond donors (Lipinski definition) is 2. The van der Waals surface area contributed by atoms with Gasteiger partial charge in [-0.2, -0.15) is 0 Å². The molecule has 6 heteroatoms. The van der Waals surface area contributed by atoms with Crippen molar-refractivity contribution in [3.05, 3.63) is 52.8 Å². The van der Waals surface area contributed by atoms with Gasteiger partial charge in [-0.15, -0.1) is 0 Å². The molecular formula is C18H18N4O2. The van der Waals surface area contributed by atoms with Crippen LogP contribution in [0.4, 0.5) is 5.69 Å². The van der Waals surface area contributed by atoms with Crippen molar-refractivity contribution in [3.63, 3.8) is 0 Å². The van der Waals surface area contributed by atoms with E-state index in [4.69, 9.17) is 10.3 Å². The van der Waals surface area contributed by atoms with E-state index in [2.05, 4.69) is 15.5 Å². The Kier molecular flexibility index (Phi) is 3.45. The first-order chi connectivity index (χ1) is 11.6. The largest absolute Gasteiger partial charge is 0.399 e. The predicted molar refractivity (Wildman–Crippen MR) is 90.5 cm³/mol. The van der Waals surface area contributed by atoms with Gasteiger partial charge >= 0.3 is 0 Å². The van der Waals surface area contributed by atoms with Gasteiger partial charge in [0, 0.05) is 11.9 Å². The molecule has 0 radical (unpaired) electrons. The van der Waals surface area contributed by atoms with Crippen molar-refractivity contribution in [1.29, 1.82) is 0 Å². The Labute approximate surface area is 139 Å². The van der Waals surface area contributed by atoms with Crippen molar-refractivity contribution in [2.75, 3.05) is 5.73 Å². The molecule has 1 aliphatic rings. The van der Waals surface area contributed by atoms with Crippen LogP contribution in [-0.4, -0.2) is 16.0 Å². The first-order valence-corrected chi connectivity index (χ1v) is 8.03. The van der Waals surface area contributed by atoms with Crippen LogP contribution in [0.5, 0.6) is 0 Å². The molecule has 0 saturated carbocycles. The first-order valence-electron chi connectivity index (χ1n) is 8.03. The zero-order valence-corrected chi connectivity index (χ0v) is 13.4. The fourth-order valence-corrected chi connectivity index (χ4v) is 3.29. The van der Waals surface area contributed by atoms with Gasteiger partial charge in [-0.25, -0.2) is 4.98 Å².